The molecule has 7 heteroatoms. The van der Waals surface area contributed by atoms with Gasteiger partial charge in [-0.15, -0.1) is 0 Å². The van der Waals surface area contributed by atoms with Crippen LogP contribution in [0.15, 0.2) is 71.2 Å². The van der Waals surface area contributed by atoms with Crippen LogP contribution in [-0.2, 0) is 6.61 Å². The molecule has 0 radical (unpaired) electrons. The van der Waals surface area contributed by atoms with Crippen molar-refractivity contribution in [1.29, 1.82) is 0 Å². The second-order valence-corrected chi connectivity index (χ2v) is 5.95. The van der Waals surface area contributed by atoms with Gasteiger partial charge in [0.05, 0.1) is 10.5 Å². The van der Waals surface area contributed by atoms with Crippen molar-refractivity contribution in [2.24, 2.45) is 0 Å². The Balaban J connectivity index is 1.64. The summed E-state index contributed by atoms with van der Waals surface area (Å²) >= 11 is 5.82. The average Bonchev–Trinajstić information content (AvgIpc) is 3.13. The standard InChI is InChI=1S/C20H14ClNO5/c21-14-5-7-15(8-6-14)26-13-17-10-9-16(27-17)11-12-20(23)18-3-1-2-4-19(18)22(24)25/h1-12H,13H2/b12-11+. The molecule has 27 heavy (non-hydrogen) atoms. The van der Waals surface area contributed by atoms with Gasteiger partial charge < -0.3 is 9.15 Å². The summed E-state index contributed by atoms with van der Waals surface area (Å²) in [6.45, 7) is 0.216. The normalized spacial score (nSPS) is 10.9. The molecule has 0 aliphatic carbocycles. The number of para-hydroxylation sites is 1. The van der Waals surface area contributed by atoms with Crippen LogP contribution in [0.3, 0.4) is 0 Å². The molecule has 0 fully saturated rings. The van der Waals surface area contributed by atoms with Crippen LogP contribution in [0, 0.1) is 10.1 Å². The van der Waals surface area contributed by atoms with Gasteiger partial charge in [-0.3, -0.25) is 14.9 Å². The average molecular weight is 384 g/mol. The van der Waals surface area contributed by atoms with E-state index < -0.39 is 10.7 Å². The number of nitrogens with zero attached hydrogens (tertiary/aromatic N) is 1. The number of allylic oxidation sites excluding steroid dienone is 1. The molecule has 3 aromatic rings. The lowest BCUT2D eigenvalue weighted by Gasteiger charge is -2.03. The number of ketones is 1. The molecule has 1 aromatic heterocycles. The third-order valence-electron chi connectivity index (χ3n) is 3.64. The highest BCUT2D eigenvalue weighted by Crippen LogP contribution is 2.20. The summed E-state index contributed by atoms with van der Waals surface area (Å²) in [5, 5.41) is 11.6. The number of benzene rings is 2. The maximum Gasteiger partial charge on any atom is 0.280 e. The van der Waals surface area contributed by atoms with Gasteiger partial charge in [-0.2, -0.15) is 0 Å². The van der Waals surface area contributed by atoms with E-state index in [9.17, 15) is 14.9 Å². The van der Waals surface area contributed by atoms with Gasteiger partial charge in [-0.25, -0.2) is 0 Å². The third kappa shape index (κ3) is 4.83. The number of carbonyl (C=O) groups is 1. The molecule has 0 aliphatic rings. The molecule has 0 saturated heterocycles. The molecule has 3 rings (SSSR count). The number of nitro benzene ring substituents is 1. The minimum absolute atomic E-state index is 0.0246. The molecule has 1 heterocycles. The number of hydrogen-bond donors (Lipinski definition) is 0. The van der Waals surface area contributed by atoms with E-state index in [1.165, 1.54) is 30.4 Å². The number of rotatable bonds is 7. The van der Waals surface area contributed by atoms with Gasteiger partial charge in [0.1, 0.15) is 23.9 Å². The second kappa shape index (κ2) is 8.33. The van der Waals surface area contributed by atoms with Gasteiger partial charge in [0.25, 0.3) is 5.69 Å². The van der Waals surface area contributed by atoms with Crippen molar-refractivity contribution in [2.45, 2.75) is 6.61 Å². The van der Waals surface area contributed by atoms with Gasteiger partial charge in [0.2, 0.25) is 0 Å². The molecule has 0 bridgehead atoms. The Bertz CT molecular complexity index is 992. The van der Waals surface area contributed by atoms with Crippen LogP contribution >= 0.6 is 11.6 Å². The fourth-order valence-electron chi connectivity index (χ4n) is 2.34. The number of hydrogen-bond acceptors (Lipinski definition) is 5. The maximum absolute atomic E-state index is 12.2. The fraction of sp³-hybridized carbons (Fsp3) is 0.0500. The highest BCUT2D eigenvalue weighted by molar-refractivity contribution is 6.30. The van der Waals surface area contributed by atoms with Gasteiger partial charge in [0, 0.05) is 11.1 Å². The summed E-state index contributed by atoms with van der Waals surface area (Å²) in [4.78, 5) is 22.6. The number of halogens is 1. The van der Waals surface area contributed by atoms with Crippen molar-refractivity contribution >= 4 is 29.1 Å². The quantitative estimate of drug-likeness (QED) is 0.239. The van der Waals surface area contributed by atoms with Gasteiger partial charge in [0.15, 0.2) is 5.78 Å². The van der Waals surface area contributed by atoms with Crippen molar-refractivity contribution in [1.82, 2.24) is 0 Å². The van der Waals surface area contributed by atoms with Crippen molar-refractivity contribution in [3.63, 3.8) is 0 Å². The molecule has 0 atom stereocenters. The Kier molecular flexibility index (Phi) is 5.68. The minimum Gasteiger partial charge on any atom is -0.486 e. The number of furan rings is 1. The first-order valence-electron chi connectivity index (χ1n) is 7.96. The number of carbonyl (C=O) groups excluding carboxylic acids is 1. The Morgan fingerprint density at radius 2 is 1.85 bits per heavy atom. The Labute approximate surface area is 159 Å². The minimum atomic E-state index is -0.583. The van der Waals surface area contributed by atoms with Crippen molar-refractivity contribution in [3.05, 3.63) is 99.0 Å². The lowest BCUT2D eigenvalue weighted by atomic mass is 10.1. The van der Waals surface area contributed by atoms with Gasteiger partial charge in [-0.05, 0) is 54.6 Å². The summed E-state index contributed by atoms with van der Waals surface area (Å²) in [5.74, 6) is 1.19. The maximum atomic E-state index is 12.2. The predicted octanol–water partition coefficient (Wildman–Crippen LogP) is 5.32. The van der Waals surface area contributed by atoms with Crippen LogP contribution in [0.5, 0.6) is 5.75 Å². The predicted molar refractivity (Wildman–Crippen MR) is 101 cm³/mol. The molecule has 0 aliphatic heterocycles. The van der Waals surface area contributed by atoms with Crippen LogP contribution in [-0.4, -0.2) is 10.7 Å². The number of ether oxygens (including phenoxy) is 1. The zero-order valence-electron chi connectivity index (χ0n) is 14.0. The molecule has 0 unspecified atom stereocenters. The summed E-state index contributed by atoms with van der Waals surface area (Å²) in [5.41, 5.74) is -0.208. The summed E-state index contributed by atoms with van der Waals surface area (Å²) < 4.78 is 11.1. The van der Waals surface area contributed by atoms with E-state index in [0.29, 0.717) is 22.3 Å². The van der Waals surface area contributed by atoms with Crippen molar-refractivity contribution in [2.75, 3.05) is 0 Å². The molecule has 136 valence electrons. The topological polar surface area (TPSA) is 82.6 Å². The highest BCUT2D eigenvalue weighted by Gasteiger charge is 2.17. The first-order chi connectivity index (χ1) is 13.0. The fourth-order valence-corrected chi connectivity index (χ4v) is 2.46. The molecular formula is C20H14ClNO5. The zero-order chi connectivity index (χ0) is 19.2. The van der Waals surface area contributed by atoms with Crippen molar-refractivity contribution < 1.29 is 18.9 Å². The van der Waals surface area contributed by atoms with E-state index in [1.807, 2.05) is 0 Å². The van der Waals surface area contributed by atoms with Gasteiger partial charge in [-0.1, -0.05) is 23.7 Å². The lowest BCUT2D eigenvalue weighted by molar-refractivity contribution is -0.385. The van der Waals surface area contributed by atoms with E-state index in [-0.39, 0.29) is 17.9 Å². The molecule has 0 spiro atoms. The molecular weight excluding hydrogens is 370 g/mol. The molecule has 6 nitrogen and oxygen atoms in total. The Morgan fingerprint density at radius 1 is 1.11 bits per heavy atom. The van der Waals surface area contributed by atoms with Crippen molar-refractivity contribution in [3.8, 4) is 5.75 Å². The zero-order valence-corrected chi connectivity index (χ0v) is 14.8. The SMILES string of the molecule is O=C(/C=C/c1ccc(COc2ccc(Cl)cc2)o1)c1ccccc1[N+](=O)[O-]. The first kappa shape index (κ1) is 18.4. The lowest BCUT2D eigenvalue weighted by Crippen LogP contribution is -2.00. The molecule has 2 aromatic carbocycles. The van der Waals surface area contributed by atoms with Crippen LogP contribution in [0.1, 0.15) is 21.9 Å². The molecule has 0 amide bonds. The van der Waals surface area contributed by atoms with Crippen LogP contribution < -0.4 is 4.74 Å². The summed E-state index contributed by atoms with van der Waals surface area (Å²) in [6.07, 6.45) is 2.70. The number of nitro groups is 1. The Morgan fingerprint density at radius 3 is 2.59 bits per heavy atom. The smallest absolute Gasteiger partial charge is 0.280 e. The molecule has 0 N–H and O–H groups in total. The summed E-state index contributed by atoms with van der Waals surface area (Å²) in [6, 6.07) is 16.1. The van der Waals surface area contributed by atoms with E-state index in [1.54, 1.807) is 42.5 Å². The Hall–Kier alpha value is -3.38. The second-order valence-electron chi connectivity index (χ2n) is 5.52. The van der Waals surface area contributed by atoms with E-state index >= 15 is 0 Å². The highest BCUT2D eigenvalue weighted by atomic mass is 35.5. The van der Waals surface area contributed by atoms with Gasteiger partial charge >= 0.3 is 0 Å². The largest absolute Gasteiger partial charge is 0.486 e. The monoisotopic (exact) mass is 383 g/mol. The van der Waals surface area contributed by atoms with E-state index in [4.69, 9.17) is 20.8 Å². The van der Waals surface area contributed by atoms with Crippen LogP contribution in [0.2, 0.25) is 5.02 Å². The van der Waals surface area contributed by atoms with Crippen LogP contribution in [0.25, 0.3) is 6.08 Å². The van der Waals surface area contributed by atoms with E-state index in [2.05, 4.69) is 0 Å². The summed E-state index contributed by atoms with van der Waals surface area (Å²) in [7, 11) is 0. The molecule has 0 saturated carbocycles. The van der Waals surface area contributed by atoms with E-state index in [0.717, 1.165) is 0 Å². The first-order valence-corrected chi connectivity index (χ1v) is 8.33. The third-order valence-corrected chi connectivity index (χ3v) is 3.89. The van der Waals surface area contributed by atoms with Crippen LogP contribution in [0.4, 0.5) is 5.69 Å².